The Bertz CT molecular complexity index is 1280. The number of carbonyl (C=O) groups is 2. The molecular formula is C25H25ClN4O3S2. The molecule has 2 aliphatic rings. The molecule has 1 unspecified atom stereocenters. The summed E-state index contributed by atoms with van der Waals surface area (Å²) in [5.41, 5.74) is 2.86. The standard InChI is InChI=1S/C25H25ClN4O3S2/c1-29(2)25-28-21(22(35-25)15-5-3-6-16(26)13-15)24(32)30-10-12-34-20(30)14-27-23(31)18-7-4-8-19-17(18)9-11-33-19/h3-8,13,20H,9-12,14H2,1-2H3,(H,27,31). The number of aromatic nitrogens is 1. The van der Waals surface area contributed by atoms with Crippen LogP contribution in [0.4, 0.5) is 5.13 Å². The second-order valence-corrected chi connectivity index (χ2v) is 11.2. The molecule has 0 bridgehead atoms. The van der Waals surface area contributed by atoms with E-state index in [2.05, 4.69) is 10.3 Å². The van der Waals surface area contributed by atoms with E-state index in [9.17, 15) is 9.59 Å². The lowest BCUT2D eigenvalue weighted by atomic mass is 10.0. The normalized spacial score (nSPS) is 16.7. The van der Waals surface area contributed by atoms with Crippen LogP contribution in [0.15, 0.2) is 42.5 Å². The summed E-state index contributed by atoms with van der Waals surface area (Å²) < 4.78 is 5.58. The maximum atomic E-state index is 13.7. The van der Waals surface area contributed by atoms with Crippen LogP contribution in [0.2, 0.25) is 5.02 Å². The molecule has 1 atom stereocenters. The van der Waals surface area contributed by atoms with Gasteiger partial charge in [-0.2, -0.15) is 0 Å². The van der Waals surface area contributed by atoms with Crippen molar-refractivity contribution in [1.29, 1.82) is 0 Å². The number of ether oxygens (including phenoxy) is 1. The lowest BCUT2D eigenvalue weighted by molar-refractivity contribution is 0.0747. The van der Waals surface area contributed by atoms with Crippen LogP contribution in [0.5, 0.6) is 5.75 Å². The molecule has 5 rings (SSSR count). The zero-order valence-electron chi connectivity index (χ0n) is 19.4. The third-order valence-electron chi connectivity index (χ3n) is 5.96. The van der Waals surface area contributed by atoms with Crippen LogP contribution >= 0.6 is 34.7 Å². The Hall–Kier alpha value is -2.75. The number of hydrogen-bond acceptors (Lipinski definition) is 7. The molecule has 1 aromatic heterocycles. The molecule has 3 aromatic rings. The van der Waals surface area contributed by atoms with Crippen molar-refractivity contribution < 1.29 is 14.3 Å². The predicted octanol–water partition coefficient (Wildman–Crippen LogP) is 4.41. The fourth-order valence-corrected chi connectivity index (χ4v) is 6.56. The molecule has 10 heteroatoms. The molecule has 0 spiro atoms. The number of fused-ring (bicyclic) bond motifs is 1. The van der Waals surface area contributed by atoms with Gasteiger partial charge in [-0.3, -0.25) is 9.59 Å². The van der Waals surface area contributed by atoms with E-state index >= 15 is 0 Å². The average Bonchev–Trinajstić information content (AvgIpc) is 3.61. The summed E-state index contributed by atoms with van der Waals surface area (Å²) in [5, 5.41) is 4.22. The van der Waals surface area contributed by atoms with Gasteiger partial charge < -0.3 is 19.9 Å². The van der Waals surface area contributed by atoms with Gasteiger partial charge in [-0.25, -0.2) is 4.98 Å². The first-order valence-corrected chi connectivity index (χ1v) is 13.6. The highest BCUT2D eigenvalue weighted by molar-refractivity contribution is 8.00. The van der Waals surface area contributed by atoms with Gasteiger partial charge in [0, 0.05) is 55.5 Å². The molecule has 2 amide bonds. The molecule has 2 aromatic carbocycles. The van der Waals surface area contributed by atoms with Crippen LogP contribution < -0.4 is 15.0 Å². The molecule has 0 saturated carbocycles. The fraction of sp³-hybridized carbons (Fsp3) is 0.320. The van der Waals surface area contributed by atoms with Gasteiger partial charge in [0.05, 0.1) is 16.9 Å². The van der Waals surface area contributed by atoms with Crippen LogP contribution in [0.1, 0.15) is 26.4 Å². The summed E-state index contributed by atoms with van der Waals surface area (Å²) in [4.78, 5) is 35.8. The summed E-state index contributed by atoms with van der Waals surface area (Å²) in [6, 6.07) is 13.0. The van der Waals surface area contributed by atoms with E-state index in [1.54, 1.807) is 11.8 Å². The van der Waals surface area contributed by atoms with Gasteiger partial charge in [0.1, 0.15) is 11.4 Å². The van der Waals surface area contributed by atoms with Gasteiger partial charge in [-0.05, 0) is 29.8 Å². The van der Waals surface area contributed by atoms with Crippen molar-refractivity contribution in [3.63, 3.8) is 0 Å². The topological polar surface area (TPSA) is 74.8 Å². The largest absolute Gasteiger partial charge is 0.493 e. The molecule has 0 radical (unpaired) electrons. The van der Waals surface area contributed by atoms with E-state index in [0.29, 0.717) is 36.0 Å². The lowest BCUT2D eigenvalue weighted by Gasteiger charge is -2.24. The SMILES string of the molecule is CN(C)c1nc(C(=O)N2CCSC2CNC(=O)c2cccc3c2CCO3)c(-c2cccc(Cl)c2)s1. The summed E-state index contributed by atoms with van der Waals surface area (Å²) >= 11 is 9.36. The second kappa shape index (κ2) is 10.1. The molecule has 35 heavy (non-hydrogen) atoms. The number of thioether (sulfide) groups is 1. The van der Waals surface area contributed by atoms with Gasteiger partial charge in [0.15, 0.2) is 5.13 Å². The van der Waals surface area contributed by atoms with Crippen molar-refractivity contribution in [3.8, 4) is 16.2 Å². The van der Waals surface area contributed by atoms with Crippen molar-refractivity contribution in [2.24, 2.45) is 0 Å². The van der Waals surface area contributed by atoms with Crippen LogP contribution in [0.25, 0.3) is 10.4 Å². The van der Waals surface area contributed by atoms with Crippen molar-refractivity contribution in [2.75, 3.05) is 44.4 Å². The smallest absolute Gasteiger partial charge is 0.275 e. The average molecular weight is 529 g/mol. The quantitative estimate of drug-likeness (QED) is 0.511. The number of rotatable bonds is 6. The number of nitrogens with zero attached hydrogens (tertiary/aromatic N) is 3. The summed E-state index contributed by atoms with van der Waals surface area (Å²) in [6.45, 7) is 1.55. The monoisotopic (exact) mass is 528 g/mol. The number of hydrogen-bond donors (Lipinski definition) is 1. The van der Waals surface area contributed by atoms with Crippen molar-refractivity contribution in [1.82, 2.24) is 15.2 Å². The Labute approximate surface area is 217 Å². The summed E-state index contributed by atoms with van der Waals surface area (Å²) in [5.74, 6) is 1.30. The van der Waals surface area contributed by atoms with Gasteiger partial charge >= 0.3 is 0 Å². The lowest BCUT2D eigenvalue weighted by Crippen LogP contribution is -2.42. The molecule has 3 heterocycles. The third-order valence-corrected chi connectivity index (χ3v) is 8.69. The van der Waals surface area contributed by atoms with Gasteiger partial charge in [0.2, 0.25) is 0 Å². The van der Waals surface area contributed by atoms with Crippen LogP contribution in [0.3, 0.4) is 0 Å². The first-order valence-electron chi connectivity index (χ1n) is 11.3. The number of amides is 2. The number of anilines is 1. The molecule has 1 N–H and O–H groups in total. The molecular weight excluding hydrogens is 504 g/mol. The van der Waals surface area contributed by atoms with Crippen molar-refractivity contribution in [3.05, 3.63) is 64.3 Å². The summed E-state index contributed by atoms with van der Waals surface area (Å²) in [6.07, 6.45) is 0.728. The van der Waals surface area contributed by atoms with E-state index in [-0.39, 0.29) is 17.2 Å². The molecule has 1 fully saturated rings. The van der Waals surface area contributed by atoms with E-state index < -0.39 is 0 Å². The number of nitrogens with one attached hydrogen (secondary N) is 1. The molecule has 1 saturated heterocycles. The fourth-order valence-electron chi connectivity index (χ4n) is 4.24. The minimum atomic E-state index is -0.170. The van der Waals surface area contributed by atoms with Gasteiger partial charge in [-0.15, -0.1) is 11.8 Å². The van der Waals surface area contributed by atoms with Crippen molar-refractivity contribution >= 4 is 51.6 Å². The maximum Gasteiger partial charge on any atom is 0.275 e. The first kappa shape index (κ1) is 24.0. The van der Waals surface area contributed by atoms with Gasteiger partial charge in [-0.1, -0.05) is 41.1 Å². The first-order chi connectivity index (χ1) is 16.9. The van der Waals surface area contributed by atoms with Crippen LogP contribution in [0, 0.1) is 0 Å². The Morgan fingerprint density at radius 3 is 2.89 bits per heavy atom. The summed E-state index contributed by atoms with van der Waals surface area (Å²) in [7, 11) is 3.81. The number of halogens is 1. The predicted molar refractivity (Wildman–Crippen MR) is 142 cm³/mol. The zero-order valence-corrected chi connectivity index (χ0v) is 21.8. The Morgan fingerprint density at radius 2 is 2.09 bits per heavy atom. The zero-order chi connectivity index (χ0) is 24.5. The van der Waals surface area contributed by atoms with Crippen molar-refractivity contribution in [2.45, 2.75) is 11.8 Å². The minimum absolute atomic E-state index is 0.137. The second-order valence-electron chi connectivity index (χ2n) is 8.49. The third kappa shape index (κ3) is 4.85. The highest BCUT2D eigenvalue weighted by atomic mass is 35.5. The molecule has 7 nitrogen and oxygen atoms in total. The van der Waals surface area contributed by atoms with E-state index in [0.717, 1.165) is 39.1 Å². The Balaban J connectivity index is 1.35. The van der Waals surface area contributed by atoms with E-state index in [1.807, 2.05) is 66.4 Å². The van der Waals surface area contributed by atoms with E-state index in [4.69, 9.17) is 16.3 Å². The molecule has 0 aliphatic carbocycles. The Kier molecular flexibility index (Phi) is 6.91. The minimum Gasteiger partial charge on any atom is -0.493 e. The number of carbonyl (C=O) groups excluding carboxylic acids is 2. The van der Waals surface area contributed by atoms with E-state index in [1.165, 1.54) is 11.3 Å². The highest BCUT2D eigenvalue weighted by Crippen LogP contribution is 2.37. The highest BCUT2D eigenvalue weighted by Gasteiger charge is 2.34. The molecule has 2 aliphatic heterocycles. The number of thiazole rings is 1. The van der Waals surface area contributed by atoms with Gasteiger partial charge in [0.25, 0.3) is 11.8 Å². The number of benzene rings is 2. The van der Waals surface area contributed by atoms with Crippen LogP contribution in [-0.2, 0) is 6.42 Å². The molecule has 182 valence electrons. The van der Waals surface area contributed by atoms with Crippen LogP contribution in [-0.4, -0.2) is 66.6 Å². The maximum absolute atomic E-state index is 13.7. The Morgan fingerprint density at radius 1 is 1.26 bits per heavy atom.